The maximum absolute atomic E-state index is 13.4. The molecule has 1 aromatic heterocycles. The number of carbonyl (C=O) groups excluding carboxylic acids is 1. The van der Waals surface area contributed by atoms with Gasteiger partial charge in [-0.05, 0) is 60.5 Å². The van der Waals surface area contributed by atoms with E-state index in [1.807, 2.05) is 24.3 Å². The third kappa shape index (κ3) is 5.16. The Kier molecular flexibility index (Phi) is 6.34. The summed E-state index contributed by atoms with van der Waals surface area (Å²) in [6, 6.07) is 17.4. The van der Waals surface area contributed by atoms with Crippen LogP contribution in [0.4, 0.5) is 15.2 Å². The second-order valence-corrected chi connectivity index (χ2v) is 8.47. The lowest BCUT2D eigenvalue weighted by atomic mass is 10.0. The van der Waals surface area contributed by atoms with E-state index >= 15 is 0 Å². The summed E-state index contributed by atoms with van der Waals surface area (Å²) in [7, 11) is 0. The average Bonchev–Trinajstić information content (AvgIpc) is 3.18. The number of carbonyl (C=O) groups is 2. The second-order valence-electron chi connectivity index (χ2n) is 7.44. The zero-order valence-electron chi connectivity index (χ0n) is 17.4. The predicted molar refractivity (Wildman–Crippen MR) is 125 cm³/mol. The van der Waals surface area contributed by atoms with Crippen LogP contribution in [-0.2, 0) is 4.79 Å². The van der Waals surface area contributed by atoms with E-state index < -0.39 is 24.0 Å². The Bertz CT molecular complexity index is 1300. The zero-order chi connectivity index (χ0) is 23.5. The van der Waals surface area contributed by atoms with Crippen molar-refractivity contribution in [2.45, 2.75) is 19.1 Å². The third-order valence-corrected chi connectivity index (χ3v) is 5.94. The maximum Gasteiger partial charge on any atom is 0.328 e. The van der Waals surface area contributed by atoms with Gasteiger partial charge in [-0.3, -0.25) is 4.79 Å². The number of hydrogen-bond donors (Lipinski definition) is 4. The highest BCUT2D eigenvalue weighted by molar-refractivity contribution is 7.22. The summed E-state index contributed by atoms with van der Waals surface area (Å²) < 4.78 is 14.1. The number of carboxylic acids is 1. The highest BCUT2D eigenvalue weighted by Crippen LogP contribution is 2.30. The normalized spacial score (nSPS) is 12.8. The smallest absolute Gasteiger partial charge is 0.328 e. The summed E-state index contributed by atoms with van der Waals surface area (Å²) in [5, 5.41) is 24.8. The minimum atomic E-state index is -1.38. The van der Waals surface area contributed by atoms with Gasteiger partial charge in [-0.25, -0.2) is 14.2 Å². The Morgan fingerprint density at radius 1 is 1.00 bits per heavy atom. The first-order valence-electron chi connectivity index (χ1n) is 10.1. The second kappa shape index (κ2) is 9.35. The van der Waals surface area contributed by atoms with Crippen LogP contribution in [0.5, 0.6) is 0 Å². The van der Waals surface area contributed by atoms with Crippen molar-refractivity contribution in [1.29, 1.82) is 0 Å². The van der Waals surface area contributed by atoms with Crippen LogP contribution in [0, 0.1) is 5.82 Å². The lowest BCUT2D eigenvalue weighted by molar-refractivity contribution is -0.141. The summed E-state index contributed by atoms with van der Waals surface area (Å²) in [5.41, 5.74) is 3.64. The number of amides is 1. The molecule has 1 unspecified atom stereocenters. The van der Waals surface area contributed by atoms with Crippen LogP contribution in [0.2, 0.25) is 0 Å². The van der Waals surface area contributed by atoms with E-state index in [9.17, 15) is 19.1 Å². The van der Waals surface area contributed by atoms with Crippen LogP contribution in [0.1, 0.15) is 17.3 Å². The number of aliphatic carboxylic acids is 1. The van der Waals surface area contributed by atoms with E-state index in [1.54, 1.807) is 30.3 Å². The molecule has 4 aromatic rings. The molecule has 0 fully saturated rings. The van der Waals surface area contributed by atoms with Gasteiger partial charge in [0.1, 0.15) is 5.82 Å². The number of halogens is 1. The average molecular weight is 466 g/mol. The maximum atomic E-state index is 13.4. The molecule has 4 rings (SSSR count). The molecule has 1 heterocycles. The lowest BCUT2D eigenvalue weighted by Crippen LogP contribution is -2.47. The molecule has 33 heavy (non-hydrogen) atoms. The molecule has 0 radical (unpaired) electrons. The minimum Gasteiger partial charge on any atom is -0.480 e. The molecule has 9 heteroatoms. The Morgan fingerprint density at radius 2 is 1.64 bits per heavy atom. The number of aliphatic hydroxyl groups is 1. The number of benzene rings is 3. The summed E-state index contributed by atoms with van der Waals surface area (Å²) >= 11 is 1.37. The number of thiazole rings is 1. The molecular weight excluding hydrogens is 445 g/mol. The van der Waals surface area contributed by atoms with Gasteiger partial charge in [-0.2, -0.15) is 0 Å². The van der Waals surface area contributed by atoms with Crippen LogP contribution in [0.15, 0.2) is 66.7 Å². The highest BCUT2D eigenvalue weighted by atomic mass is 32.1. The van der Waals surface area contributed by atoms with Crippen LogP contribution in [0.3, 0.4) is 0 Å². The molecule has 0 aliphatic carbocycles. The first-order chi connectivity index (χ1) is 15.8. The number of hydrogen-bond acceptors (Lipinski definition) is 6. The van der Waals surface area contributed by atoms with Gasteiger partial charge in [0, 0.05) is 11.3 Å². The Labute approximate surface area is 192 Å². The molecule has 7 nitrogen and oxygen atoms in total. The number of aliphatic hydroxyl groups excluding tert-OH is 1. The molecule has 0 saturated carbocycles. The fourth-order valence-corrected chi connectivity index (χ4v) is 4.16. The molecule has 0 aliphatic rings. The minimum absolute atomic E-state index is 0.288. The van der Waals surface area contributed by atoms with Crippen LogP contribution in [-0.4, -0.2) is 39.2 Å². The van der Waals surface area contributed by atoms with Gasteiger partial charge < -0.3 is 20.8 Å². The molecule has 2 atom stereocenters. The quantitative estimate of drug-likeness (QED) is 0.322. The van der Waals surface area contributed by atoms with Gasteiger partial charge in [-0.1, -0.05) is 35.6 Å². The first kappa shape index (κ1) is 22.4. The van der Waals surface area contributed by atoms with E-state index in [-0.39, 0.29) is 11.4 Å². The van der Waals surface area contributed by atoms with E-state index in [4.69, 9.17) is 5.11 Å². The molecule has 0 saturated heterocycles. The number of carboxylic acid groups (broad SMARTS) is 1. The SMILES string of the molecule is CC(O)[C@H](NC(=O)c1ccc(-c2ccc(Nc3nc4ccc(F)cc4s3)cc2)cc1)C(=O)O. The number of rotatable bonds is 7. The van der Waals surface area contributed by atoms with Crippen molar-refractivity contribution in [3.8, 4) is 11.1 Å². The summed E-state index contributed by atoms with van der Waals surface area (Å²) in [6.45, 7) is 1.30. The zero-order valence-corrected chi connectivity index (χ0v) is 18.3. The van der Waals surface area contributed by atoms with Crippen molar-refractivity contribution in [2.24, 2.45) is 0 Å². The van der Waals surface area contributed by atoms with Crippen LogP contribution in [0.25, 0.3) is 21.3 Å². The Balaban J connectivity index is 1.44. The van der Waals surface area contributed by atoms with E-state index in [2.05, 4.69) is 15.6 Å². The highest BCUT2D eigenvalue weighted by Gasteiger charge is 2.25. The van der Waals surface area contributed by atoms with Gasteiger partial charge in [0.2, 0.25) is 0 Å². The van der Waals surface area contributed by atoms with Crippen molar-refractivity contribution in [3.05, 3.63) is 78.1 Å². The summed E-state index contributed by atoms with van der Waals surface area (Å²) in [4.78, 5) is 27.9. The van der Waals surface area contributed by atoms with Crippen LogP contribution < -0.4 is 10.6 Å². The fourth-order valence-electron chi connectivity index (χ4n) is 3.25. The topological polar surface area (TPSA) is 112 Å². The molecule has 0 spiro atoms. The Morgan fingerprint density at radius 3 is 2.24 bits per heavy atom. The lowest BCUT2D eigenvalue weighted by Gasteiger charge is -2.17. The number of nitrogens with one attached hydrogen (secondary N) is 2. The van der Waals surface area contributed by atoms with Gasteiger partial charge in [0.05, 0.1) is 16.3 Å². The molecule has 4 N–H and O–H groups in total. The molecular formula is C24H20FN3O4S. The van der Waals surface area contributed by atoms with Crippen molar-refractivity contribution in [1.82, 2.24) is 10.3 Å². The van der Waals surface area contributed by atoms with Crippen molar-refractivity contribution < 1.29 is 24.2 Å². The molecule has 1 amide bonds. The van der Waals surface area contributed by atoms with Crippen molar-refractivity contribution in [3.63, 3.8) is 0 Å². The number of anilines is 2. The molecule has 0 bridgehead atoms. The molecule has 0 aliphatic heterocycles. The number of fused-ring (bicyclic) bond motifs is 1. The monoisotopic (exact) mass is 465 g/mol. The number of aromatic nitrogens is 1. The molecule has 3 aromatic carbocycles. The van der Waals surface area contributed by atoms with E-state index in [1.165, 1.54) is 30.4 Å². The van der Waals surface area contributed by atoms with Crippen molar-refractivity contribution in [2.75, 3.05) is 5.32 Å². The largest absolute Gasteiger partial charge is 0.480 e. The van der Waals surface area contributed by atoms with Crippen LogP contribution >= 0.6 is 11.3 Å². The van der Waals surface area contributed by atoms with E-state index in [0.29, 0.717) is 5.13 Å². The summed E-state index contributed by atoms with van der Waals surface area (Å²) in [5.74, 6) is -2.18. The first-order valence-corrected chi connectivity index (χ1v) is 10.9. The van der Waals surface area contributed by atoms with Gasteiger partial charge in [0.15, 0.2) is 11.2 Å². The Hall–Kier alpha value is -3.82. The standard InChI is InChI=1S/C24H20FN3O4S/c1-13(29)21(23(31)32)28-22(30)16-4-2-14(3-5-16)15-6-9-18(10-7-15)26-24-27-19-11-8-17(25)12-20(19)33-24/h2-13,21,29H,1H3,(H,26,27)(H,28,30)(H,31,32)/t13?,21-/m0/s1. The molecule has 168 valence electrons. The summed E-state index contributed by atoms with van der Waals surface area (Å²) in [6.07, 6.45) is -1.22. The van der Waals surface area contributed by atoms with Gasteiger partial charge in [0.25, 0.3) is 5.91 Å². The third-order valence-electron chi connectivity index (χ3n) is 5.00. The van der Waals surface area contributed by atoms with Gasteiger partial charge >= 0.3 is 5.97 Å². The fraction of sp³-hybridized carbons (Fsp3) is 0.125. The number of nitrogens with zero attached hydrogens (tertiary/aromatic N) is 1. The van der Waals surface area contributed by atoms with E-state index in [0.717, 1.165) is 27.0 Å². The van der Waals surface area contributed by atoms with Gasteiger partial charge in [-0.15, -0.1) is 0 Å². The predicted octanol–water partition coefficient (Wildman–Crippen LogP) is 4.41. The van der Waals surface area contributed by atoms with Crippen molar-refractivity contribution >= 4 is 44.2 Å².